The van der Waals surface area contributed by atoms with Crippen molar-refractivity contribution in [2.45, 2.75) is 37.6 Å². The molecule has 1 aliphatic carbocycles. The third-order valence-corrected chi connectivity index (χ3v) is 3.82. The van der Waals surface area contributed by atoms with Crippen LogP contribution in [0, 0.1) is 5.82 Å². The van der Waals surface area contributed by atoms with E-state index in [1.807, 2.05) is 6.07 Å². The normalized spacial score (nSPS) is 29.4. The molecular formula is C13H16FN. The average molecular weight is 205 g/mol. The molecule has 1 nitrogen and oxygen atoms in total. The summed E-state index contributed by atoms with van der Waals surface area (Å²) < 4.78 is 13.8. The molecule has 2 heteroatoms. The molecule has 80 valence electrons. The molecule has 0 radical (unpaired) electrons. The highest BCUT2D eigenvalue weighted by molar-refractivity contribution is 5.37. The lowest BCUT2D eigenvalue weighted by Crippen LogP contribution is -2.28. The summed E-state index contributed by atoms with van der Waals surface area (Å²) in [6.07, 6.45) is 4.62. The van der Waals surface area contributed by atoms with Gasteiger partial charge in [-0.15, -0.1) is 0 Å². The molecule has 2 aliphatic rings. The van der Waals surface area contributed by atoms with Crippen LogP contribution in [-0.4, -0.2) is 12.6 Å². The van der Waals surface area contributed by atoms with Crippen molar-refractivity contribution in [3.05, 3.63) is 35.1 Å². The number of fused-ring (bicyclic) bond motifs is 1. The summed E-state index contributed by atoms with van der Waals surface area (Å²) in [7, 11) is 0. The first-order chi connectivity index (χ1) is 7.36. The SMILES string of the molecule is Fc1cccc2c1C(C1CCCN1)CC2. The van der Waals surface area contributed by atoms with Crippen LogP contribution in [0.15, 0.2) is 18.2 Å². The van der Waals surface area contributed by atoms with Gasteiger partial charge in [-0.05, 0) is 49.4 Å². The van der Waals surface area contributed by atoms with Gasteiger partial charge in [0.1, 0.15) is 5.82 Å². The first-order valence-corrected chi connectivity index (χ1v) is 5.87. The lowest BCUT2D eigenvalue weighted by molar-refractivity contribution is 0.469. The van der Waals surface area contributed by atoms with Gasteiger partial charge in [-0.25, -0.2) is 4.39 Å². The number of rotatable bonds is 1. The maximum atomic E-state index is 13.8. The monoisotopic (exact) mass is 205 g/mol. The molecule has 1 fully saturated rings. The predicted octanol–water partition coefficient (Wildman–Crippen LogP) is 2.61. The Bertz CT molecular complexity index is 369. The smallest absolute Gasteiger partial charge is 0.127 e. The highest BCUT2D eigenvalue weighted by atomic mass is 19.1. The van der Waals surface area contributed by atoms with E-state index in [4.69, 9.17) is 0 Å². The molecule has 0 saturated carbocycles. The Kier molecular flexibility index (Phi) is 2.24. The van der Waals surface area contributed by atoms with Crippen LogP contribution >= 0.6 is 0 Å². The number of aryl methyl sites for hydroxylation is 1. The molecule has 1 heterocycles. The van der Waals surface area contributed by atoms with Crippen molar-refractivity contribution in [3.63, 3.8) is 0 Å². The molecule has 0 aromatic heterocycles. The van der Waals surface area contributed by atoms with Crippen LogP contribution in [-0.2, 0) is 6.42 Å². The minimum atomic E-state index is 0.00343. The van der Waals surface area contributed by atoms with Crippen molar-refractivity contribution in [2.75, 3.05) is 6.54 Å². The van der Waals surface area contributed by atoms with Crippen LogP contribution in [0.1, 0.15) is 36.3 Å². The zero-order valence-electron chi connectivity index (χ0n) is 8.80. The summed E-state index contributed by atoms with van der Waals surface area (Å²) in [5, 5.41) is 3.50. The van der Waals surface area contributed by atoms with E-state index >= 15 is 0 Å². The predicted molar refractivity (Wildman–Crippen MR) is 58.5 cm³/mol. The second kappa shape index (κ2) is 3.60. The minimum Gasteiger partial charge on any atom is -0.313 e. The molecular weight excluding hydrogens is 189 g/mol. The topological polar surface area (TPSA) is 12.0 Å². The number of halogens is 1. The van der Waals surface area contributed by atoms with Gasteiger partial charge in [-0.2, -0.15) is 0 Å². The highest BCUT2D eigenvalue weighted by Gasteiger charge is 2.33. The van der Waals surface area contributed by atoms with Gasteiger partial charge in [0.2, 0.25) is 0 Å². The van der Waals surface area contributed by atoms with Crippen molar-refractivity contribution in [3.8, 4) is 0 Å². The summed E-state index contributed by atoms with van der Waals surface area (Å²) >= 11 is 0. The van der Waals surface area contributed by atoms with Crippen molar-refractivity contribution in [1.82, 2.24) is 5.32 Å². The Morgan fingerprint density at radius 1 is 1.27 bits per heavy atom. The van der Waals surface area contributed by atoms with Crippen molar-refractivity contribution in [2.24, 2.45) is 0 Å². The Morgan fingerprint density at radius 3 is 3.00 bits per heavy atom. The van der Waals surface area contributed by atoms with Crippen LogP contribution in [0.25, 0.3) is 0 Å². The molecule has 1 saturated heterocycles. The zero-order chi connectivity index (χ0) is 10.3. The highest BCUT2D eigenvalue weighted by Crippen LogP contribution is 2.39. The molecule has 2 atom stereocenters. The van der Waals surface area contributed by atoms with E-state index < -0.39 is 0 Å². The van der Waals surface area contributed by atoms with E-state index in [1.54, 1.807) is 6.07 Å². The second-order valence-electron chi connectivity index (χ2n) is 4.66. The van der Waals surface area contributed by atoms with Crippen LogP contribution in [0.2, 0.25) is 0 Å². The number of hydrogen-bond acceptors (Lipinski definition) is 1. The van der Waals surface area contributed by atoms with Gasteiger partial charge < -0.3 is 5.32 Å². The van der Waals surface area contributed by atoms with Crippen LogP contribution < -0.4 is 5.32 Å². The summed E-state index contributed by atoms with van der Waals surface area (Å²) in [6, 6.07) is 6.03. The van der Waals surface area contributed by atoms with Crippen LogP contribution in [0.3, 0.4) is 0 Å². The maximum absolute atomic E-state index is 13.8. The number of hydrogen-bond donors (Lipinski definition) is 1. The van der Waals surface area contributed by atoms with Crippen molar-refractivity contribution in [1.29, 1.82) is 0 Å². The standard InChI is InChI=1S/C13H16FN/c14-11-4-1-3-9-6-7-10(13(9)11)12-5-2-8-15-12/h1,3-4,10,12,15H,2,5-8H2. The third kappa shape index (κ3) is 1.48. The van der Waals surface area contributed by atoms with Crippen molar-refractivity contribution < 1.29 is 4.39 Å². The second-order valence-corrected chi connectivity index (χ2v) is 4.66. The summed E-state index contributed by atoms with van der Waals surface area (Å²) in [5.41, 5.74) is 2.23. The number of benzene rings is 1. The molecule has 1 N–H and O–H groups in total. The van der Waals surface area contributed by atoms with E-state index in [0.29, 0.717) is 12.0 Å². The molecule has 3 rings (SSSR count). The van der Waals surface area contributed by atoms with E-state index in [2.05, 4.69) is 11.4 Å². The fraction of sp³-hybridized carbons (Fsp3) is 0.538. The molecule has 2 unspecified atom stereocenters. The largest absolute Gasteiger partial charge is 0.313 e. The van der Waals surface area contributed by atoms with E-state index in [9.17, 15) is 4.39 Å². The lowest BCUT2D eigenvalue weighted by Gasteiger charge is -2.20. The summed E-state index contributed by atoms with van der Waals surface area (Å²) in [5.74, 6) is 0.424. The summed E-state index contributed by atoms with van der Waals surface area (Å²) in [4.78, 5) is 0. The summed E-state index contributed by atoms with van der Waals surface area (Å²) in [6.45, 7) is 1.10. The van der Waals surface area contributed by atoms with Gasteiger partial charge in [-0.1, -0.05) is 12.1 Å². The molecule has 15 heavy (non-hydrogen) atoms. The Hall–Kier alpha value is -0.890. The Morgan fingerprint density at radius 2 is 2.20 bits per heavy atom. The van der Waals surface area contributed by atoms with Gasteiger partial charge in [0.25, 0.3) is 0 Å². The van der Waals surface area contributed by atoms with Crippen LogP contribution in [0.4, 0.5) is 4.39 Å². The van der Waals surface area contributed by atoms with Gasteiger partial charge in [0.05, 0.1) is 0 Å². The zero-order valence-corrected chi connectivity index (χ0v) is 8.80. The minimum absolute atomic E-state index is 0.00343. The average Bonchev–Trinajstić information content (AvgIpc) is 2.85. The van der Waals surface area contributed by atoms with Gasteiger partial charge in [0.15, 0.2) is 0 Å². The molecule has 0 spiro atoms. The lowest BCUT2D eigenvalue weighted by atomic mass is 9.92. The molecule has 1 aliphatic heterocycles. The van der Waals surface area contributed by atoms with Crippen LogP contribution in [0.5, 0.6) is 0 Å². The number of nitrogens with one attached hydrogen (secondary N) is 1. The van der Waals surface area contributed by atoms with Crippen molar-refractivity contribution >= 4 is 0 Å². The van der Waals surface area contributed by atoms with E-state index in [1.165, 1.54) is 18.4 Å². The van der Waals surface area contributed by atoms with Gasteiger partial charge >= 0.3 is 0 Å². The van der Waals surface area contributed by atoms with E-state index in [-0.39, 0.29) is 5.82 Å². The fourth-order valence-electron chi connectivity index (χ4n) is 3.13. The molecule has 0 amide bonds. The Balaban J connectivity index is 1.96. The van der Waals surface area contributed by atoms with Gasteiger partial charge in [0, 0.05) is 12.0 Å². The van der Waals surface area contributed by atoms with E-state index in [0.717, 1.165) is 24.9 Å². The third-order valence-electron chi connectivity index (χ3n) is 3.82. The quantitative estimate of drug-likeness (QED) is 0.743. The Labute approximate surface area is 89.7 Å². The first kappa shape index (κ1) is 9.34. The first-order valence-electron chi connectivity index (χ1n) is 5.87. The molecule has 1 aromatic rings. The fourth-order valence-corrected chi connectivity index (χ4v) is 3.13. The molecule has 1 aromatic carbocycles. The van der Waals surface area contributed by atoms with Gasteiger partial charge in [-0.3, -0.25) is 0 Å². The molecule has 0 bridgehead atoms. The maximum Gasteiger partial charge on any atom is 0.127 e.